The van der Waals surface area contributed by atoms with Gasteiger partial charge in [0, 0.05) is 20.6 Å². The van der Waals surface area contributed by atoms with Crippen LogP contribution in [0.4, 0.5) is 17.3 Å². The van der Waals surface area contributed by atoms with Gasteiger partial charge in [-0.25, -0.2) is 15.0 Å². The van der Waals surface area contributed by atoms with Crippen molar-refractivity contribution in [3.8, 4) is 0 Å². The number of nitrogens with zero attached hydrogens (tertiary/aromatic N) is 3. The molecule has 4 N–H and O–H groups in total. The molecular formula is C11H22N6. The van der Waals surface area contributed by atoms with Gasteiger partial charge in [0.1, 0.15) is 12.0 Å². The summed E-state index contributed by atoms with van der Waals surface area (Å²) in [6.07, 6.45) is 2.58. The maximum atomic E-state index is 5.97. The molecule has 0 saturated carbocycles. The molecule has 1 heterocycles. The van der Waals surface area contributed by atoms with Crippen LogP contribution in [-0.2, 0) is 0 Å². The Hall–Kier alpha value is -1.56. The van der Waals surface area contributed by atoms with E-state index in [0.717, 1.165) is 13.0 Å². The van der Waals surface area contributed by atoms with Crippen molar-refractivity contribution in [2.75, 3.05) is 37.1 Å². The highest BCUT2D eigenvalue weighted by Crippen LogP contribution is 2.22. The highest BCUT2D eigenvalue weighted by Gasteiger charge is 2.07. The van der Waals surface area contributed by atoms with E-state index < -0.39 is 0 Å². The number of anilines is 3. The van der Waals surface area contributed by atoms with Gasteiger partial charge in [-0.2, -0.15) is 0 Å². The molecule has 0 aliphatic carbocycles. The summed E-state index contributed by atoms with van der Waals surface area (Å²) in [5.74, 6) is 1.96. The molecule has 0 fully saturated rings. The molecule has 1 rings (SSSR count). The van der Waals surface area contributed by atoms with Crippen LogP contribution in [0.1, 0.15) is 20.3 Å². The van der Waals surface area contributed by atoms with Crippen molar-refractivity contribution in [2.45, 2.75) is 20.3 Å². The Morgan fingerprint density at radius 2 is 1.94 bits per heavy atom. The van der Waals surface area contributed by atoms with Gasteiger partial charge in [-0.05, 0) is 12.3 Å². The molecule has 0 aromatic carbocycles. The number of hydrazine groups is 1. The van der Waals surface area contributed by atoms with E-state index in [1.165, 1.54) is 6.33 Å². The van der Waals surface area contributed by atoms with Crippen LogP contribution in [0.2, 0.25) is 0 Å². The average molecular weight is 238 g/mol. The minimum atomic E-state index is 0.546. The molecule has 0 spiro atoms. The molecule has 1 aromatic heterocycles. The second kappa shape index (κ2) is 6.24. The first-order valence-corrected chi connectivity index (χ1v) is 5.79. The van der Waals surface area contributed by atoms with Gasteiger partial charge in [-0.1, -0.05) is 13.8 Å². The third-order valence-electron chi connectivity index (χ3n) is 2.23. The number of hydrogen-bond donors (Lipinski definition) is 3. The summed E-state index contributed by atoms with van der Waals surface area (Å²) in [6, 6.07) is 0. The number of rotatable bonds is 6. The van der Waals surface area contributed by atoms with E-state index in [2.05, 4.69) is 34.6 Å². The molecule has 0 aliphatic heterocycles. The zero-order chi connectivity index (χ0) is 12.8. The van der Waals surface area contributed by atoms with E-state index in [1.54, 1.807) is 5.01 Å². The predicted octanol–water partition coefficient (Wildman–Crippen LogP) is 1.41. The fourth-order valence-corrected chi connectivity index (χ4v) is 1.32. The van der Waals surface area contributed by atoms with E-state index in [9.17, 15) is 0 Å². The Morgan fingerprint density at radius 1 is 1.29 bits per heavy atom. The summed E-state index contributed by atoms with van der Waals surface area (Å²) < 4.78 is 0. The molecule has 0 saturated heterocycles. The van der Waals surface area contributed by atoms with Crippen molar-refractivity contribution in [3.63, 3.8) is 0 Å². The van der Waals surface area contributed by atoms with Crippen molar-refractivity contribution < 1.29 is 0 Å². The fraction of sp³-hybridized carbons (Fsp3) is 0.636. The van der Waals surface area contributed by atoms with Crippen molar-refractivity contribution in [2.24, 2.45) is 5.92 Å². The Labute approximate surface area is 103 Å². The highest BCUT2D eigenvalue weighted by atomic mass is 15.5. The normalized spacial score (nSPS) is 10.9. The lowest BCUT2D eigenvalue weighted by Gasteiger charge is -2.16. The SMILES string of the molecule is CC(C)CCNc1ncnc(NN(C)C)c1N. The summed E-state index contributed by atoms with van der Waals surface area (Å²) in [7, 11) is 3.76. The molecular weight excluding hydrogens is 216 g/mol. The van der Waals surface area contributed by atoms with Gasteiger partial charge in [-0.3, -0.25) is 0 Å². The third kappa shape index (κ3) is 4.44. The van der Waals surface area contributed by atoms with Gasteiger partial charge in [0.25, 0.3) is 0 Å². The molecule has 6 heteroatoms. The molecule has 0 bridgehead atoms. The lowest BCUT2D eigenvalue weighted by Crippen LogP contribution is -2.22. The molecule has 0 aliphatic rings. The number of nitrogens with one attached hydrogen (secondary N) is 2. The van der Waals surface area contributed by atoms with Crippen molar-refractivity contribution in [1.82, 2.24) is 15.0 Å². The maximum absolute atomic E-state index is 5.97. The fourth-order valence-electron chi connectivity index (χ4n) is 1.32. The lowest BCUT2D eigenvalue weighted by molar-refractivity contribution is 0.492. The van der Waals surface area contributed by atoms with E-state index >= 15 is 0 Å². The molecule has 1 aromatic rings. The van der Waals surface area contributed by atoms with Gasteiger partial charge < -0.3 is 16.5 Å². The number of nitrogen functional groups attached to an aromatic ring is 1. The van der Waals surface area contributed by atoms with E-state index in [0.29, 0.717) is 23.2 Å². The summed E-state index contributed by atoms with van der Waals surface area (Å²) in [5, 5.41) is 5.01. The molecule has 0 unspecified atom stereocenters. The van der Waals surface area contributed by atoms with Crippen molar-refractivity contribution >= 4 is 17.3 Å². The molecule has 0 atom stereocenters. The number of aromatic nitrogens is 2. The van der Waals surface area contributed by atoms with Crippen LogP contribution in [0.15, 0.2) is 6.33 Å². The third-order valence-corrected chi connectivity index (χ3v) is 2.23. The van der Waals surface area contributed by atoms with Gasteiger partial charge in [0.15, 0.2) is 11.6 Å². The molecule has 0 radical (unpaired) electrons. The van der Waals surface area contributed by atoms with E-state index in [4.69, 9.17) is 5.73 Å². The van der Waals surface area contributed by atoms with E-state index in [-0.39, 0.29) is 0 Å². The minimum Gasteiger partial charge on any atom is -0.393 e. The van der Waals surface area contributed by atoms with Gasteiger partial charge in [0.05, 0.1) is 0 Å². The second-order valence-electron chi connectivity index (χ2n) is 4.60. The lowest BCUT2D eigenvalue weighted by atomic mass is 10.1. The maximum Gasteiger partial charge on any atom is 0.169 e. The number of hydrogen-bond acceptors (Lipinski definition) is 6. The predicted molar refractivity (Wildman–Crippen MR) is 71.7 cm³/mol. The summed E-state index contributed by atoms with van der Waals surface area (Å²) in [6.45, 7) is 5.23. The zero-order valence-electron chi connectivity index (χ0n) is 11.0. The largest absolute Gasteiger partial charge is 0.393 e. The highest BCUT2D eigenvalue weighted by molar-refractivity contribution is 5.73. The summed E-state index contributed by atoms with van der Waals surface area (Å²) in [4.78, 5) is 8.23. The second-order valence-corrected chi connectivity index (χ2v) is 4.60. The van der Waals surface area contributed by atoms with Crippen LogP contribution in [0.3, 0.4) is 0 Å². The topological polar surface area (TPSA) is 79.1 Å². The average Bonchev–Trinajstić information content (AvgIpc) is 2.22. The Kier molecular flexibility index (Phi) is 4.96. The van der Waals surface area contributed by atoms with Crippen molar-refractivity contribution in [3.05, 3.63) is 6.33 Å². The monoisotopic (exact) mass is 238 g/mol. The van der Waals surface area contributed by atoms with Crippen molar-refractivity contribution in [1.29, 1.82) is 0 Å². The first-order chi connectivity index (χ1) is 8.00. The van der Waals surface area contributed by atoms with Gasteiger partial charge in [0.2, 0.25) is 0 Å². The molecule has 96 valence electrons. The Balaban J connectivity index is 2.66. The Bertz CT molecular complexity index is 350. The zero-order valence-corrected chi connectivity index (χ0v) is 11.0. The molecule has 17 heavy (non-hydrogen) atoms. The summed E-state index contributed by atoms with van der Waals surface area (Å²) >= 11 is 0. The van der Waals surface area contributed by atoms with Crippen LogP contribution in [0.5, 0.6) is 0 Å². The Morgan fingerprint density at radius 3 is 2.53 bits per heavy atom. The first kappa shape index (κ1) is 13.5. The molecule has 0 amide bonds. The van der Waals surface area contributed by atoms with Crippen LogP contribution < -0.4 is 16.5 Å². The quantitative estimate of drug-likeness (QED) is 0.650. The minimum absolute atomic E-state index is 0.546. The van der Waals surface area contributed by atoms with Gasteiger partial charge >= 0.3 is 0 Å². The number of nitrogens with two attached hydrogens (primary N) is 1. The van der Waals surface area contributed by atoms with Crippen LogP contribution in [-0.4, -0.2) is 35.6 Å². The molecule has 6 nitrogen and oxygen atoms in total. The standard InChI is InChI=1S/C11H22N6/c1-8(2)5-6-13-10-9(12)11(15-7-14-10)16-17(3)4/h7-8H,5-6,12H2,1-4H3,(H2,13,14,15,16). The smallest absolute Gasteiger partial charge is 0.169 e. The van der Waals surface area contributed by atoms with E-state index in [1.807, 2.05) is 14.1 Å². The summed E-state index contributed by atoms with van der Waals surface area (Å²) in [5.41, 5.74) is 9.55. The van der Waals surface area contributed by atoms with Crippen LogP contribution >= 0.6 is 0 Å². The van der Waals surface area contributed by atoms with Gasteiger partial charge in [-0.15, -0.1) is 0 Å². The first-order valence-electron chi connectivity index (χ1n) is 5.79. The van der Waals surface area contributed by atoms with Crippen LogP contribution in [0, 0.1) is 5.92 Å². The van der Waals surface area contributed by atoms with Crippen LogP contribution in [0.25, 0.3) is 0 Å².